The van der Waals surface area contributed by atoms with E-state index in [1.54, 1.807) is 12.1 Å². The van der Waals surface area contributed by atoms with Crippen molar-refractivity contribution in [3.63, 3.8) is 0 Å². The average molecular weight is 485 g/mol. The van der Waals surface area contributed by atoms with Crippen LogP contribution in [0.1, 0.15) is 17.2 Å². The van der Waals surface area contributed by atoms with Crippen molar-refractivity contribution in [3.8, 4) is 0 Å². The van der Waals surface area contributed by atoms with Crippen LogP contribution in [0.3, 0.4) is 0 Å². The molecule has 1 atom stereocenters. The summed E-state index contributed by atoms with van der Waals surface area (Å²) in [5.74, 6) is -0.290. The zero-order chi connectivity index (χ0) is 13.3. The van der Waals surface area contributed by atoms with Crippen LogP contribution < -0.4 is 5.73 Å². The van der Waals surface area contributed by atoms with Crippen LogP contribution in [0.4, 0.5) is 4.39 Å². The molecule has 1 nitrogen and oxygen atoms in total. The van der Waals surface area contributed by atoms with Gasteiger partial charge in [-0.1, -0.05) is 31.9 Å². The lowest BCUT2D eigenvalue weighted by Gasteiger charge is -2.16. The van der Waals surface area contributed by atoms with Gasteiger partial charge < -0.3 is 5.73 Å². The lowest BCUT2D eigenvalue weighted by atomic mass is 9.99. The lowest BCUT2D eigenvalue weighted by Crippen LogP contribution is -2.15. The molecule has 0 saturated heterocycles. The van der Waals surface area contributed by atoms with Crippen LogP contribution in [0.15, 0.2) is 45.3 Å². The van der Waals surface area contributed by atoms with E-state index in [1.165, 1.54) is 6.07 Å². The van der Waals surface area contributed by atoms with Crippen molar-refractivity contribution in [3.05, 3.63) is 65.9 Å². The Hall–Kier alpha value is 0.0200. The van der Waals surface area contributed by atoms with E-state index in [4.69, 9.17) is 5.73 Å². The Labute approximate surface area is 135 Å². The van der Waals surface area contributed by atoms with Gasteiger partial charge in [0.25, 0.3) is 0 Å². The van der Waals surface area contributed by atoms with Crippen molar-refractivity contribution in [1.29, 1.82) is 0 Å². The smallest absolute Gasteiger partial charge is 0.128 e. The van der Waals surface area contributed by atoms with E-state index in [0.29, 0.717) is 5.56 Å². The molecule has 0 spiro atoms. The Morgan fingerprint density at radius 3 is 2.22 bits per heavy atom. The lowest BCUT2D eigenvalue weighted by molar-refractivity contribution is 0.599. The second-order valence-corrected chi connectivity index (χ2v) is 6.80. The minimum atomic E-state index is -0.480. The molecule has 0 aliphatic rings. The number of hydrogen-bond acceptors (Lipinski definition) is 1. The normalized spacial score (nSPS) is 12.5. The first-order valence-corrected chi connectivity index (χ1v) is 7.81. The highest BCUT2D eigenvalue weighted by molar-refractivity contribution is 14.1. The molecule has 5 heteroatoms. The average Bonchev–Trinajstić information content (AvgIpc) is 2.34. The van der Waals surface area contributed by atoms with E-state index in [0.717, 1.165) is 18.1 Å². The predicted octanol–water partition coefficient (Wildman–Crippen LogP) is 5.00. The van der Waals surface area contributed by atoms with Crippen LogP contribution in [0.5, 0.6) is 0 Å². The van der Waals surface area contributed by atoms with E-state index >= 15 is 0 Å². The monoisotopic (exact) mass is 483 g/mol. The Morgan fingerprint density at radius 2 is 1.56 bits per heavy atom. The van der Waals surface area contributed by atoms with Crippen molar-refractivity contribution >= 4 is 54.5 Å². The molecule has 0 heterocycles. The van der Waals surface area contributed by atoms with Crippen LogP contribution in [0.2, 0.25) is 0 Å². The molecule has 18 heavy (non-hydrogen) atoms. The largest absolute Gasteiger partial charge is 0.320 e. The topological polar surface area (TPSA) is 26.0 Å². The number of benzene rings is 2. The van der Waals surface area contributed by atoms with Gasteiger partial charge in [-0.2, -0.15) is 0 Å². The molecule has 0 aromatic heterocycles. The summed E-state index contributed by atoms with van der Waals surface area (Å²) in [6, 6.07) is 10.1. The standard InChI is InChI=1S/C13H9Br2FIN/c14-7-1-3-11(16)9(5-7)13(18)10-6-8(15)2-4-12(10)17/h1-6,13H,18H2. The Balaban J connectivity index is 2.50. The van der Waals surface area contributed by atoms with Crippen LogP contribution >= 0.6 is 54.5 Å². The fourth-order valence-corrected chi connectivity index (χ4v) is 3.10. The first kappa shape index (κ1) is 14.4. The third-order valence-corrected chi connectivity index (χ3v) is 4.56. The maximum atomic E-state index is 13.8. The molecule has 94 valence electrons. The van der Waals surface area contributed by atoms with Gasteiger partial charge in [0.15, 0.2) is 0 Å². The molecule has 0 bridgehead atoms. The van der Waals surface area contributed by atoms with Crippen molar-refractivity contribution in [1.82, 2.24) is 0 Å². The van der Waals surface area contributed by atoms with Crippen LogP contribution in [0.25, 0.3) is 0 Å². The molecular weight excluding hydrogens is 476 g/mol. The predicted molar refractivity (Wildman–Crippen MR) is 87.0 cm³/mol. The van der Waals surface area contributed by atoms with Gasteiger partial charge in [-0.25, -0.2) is 4.39 Å². The molecule has 0 radical (unpaired) electrons. The van der Waals surface area contributed by atoms with Gasteiger partial charge in [0.2, 0.25) is 0 Å². The summed E-state index contributed by atoms with van der Waals surface area (Å²) < 4.78 is 16.6. The summed E-state index contributed by atoms with van der Waals surface area (Å²) in [6.07, 6.45) is 0. The van der Waals surface area contributed by atoms with Gasteiger partial charge in [0.1, 0.15) is 5.82 Å². The minimum absolute atomic E-state index is 0.290. The molecule has 0 aliphatic heterocycles. The van der Waals surface area contributed by atoms with Gasteiger partial charge in [0.05, 0.1) is 6.04 Å². The molecular formula is C13H9Br2FIN. The quantitative estimate of drug-likeness (QED) is 0.596. The highest BCUT2D eigenvalue weighted by Crippen LogP contribution is 2.29. The highest BCUT2D eigenvalue weighted by atomic mass is 127. The zero-order valence-electron chi connectivity index (χ0n) is 9.13. The summed E-state index contributed by atoms with van der Waals surface area (Å²) in [5.41, 5.74) is 7.56. The molecule has 0 saturated carbocycles. The van der Waals surface area contributed by atoms with Gasteiger partial charge in [0, 0.05) is 18.1 Å². The third kappa shape index (κ3) is 3.12. The van der Waals surface area contributed by atoms with Gasteiger partial charge in [-0.15, -0.1) is 0 Å². The Bertz CT molecular complexity index is 538. The summed E-state index contributed by atoms with van der Waals surface area (Å²) in [4.78, 5) is 0. The first-order valence-electron chi connectivity index (χ1n) is 5.14. The number of halogens is 4. The van der Waals surface area contributed by atoms with Gasteiger partial charge in [-0.3, -0.25) is 0 Å². The SMILES string of the molecule is NC(c1cc(Br)ccc1F)c1cc(Br)ccc1I. The zero-order valence-corrected chi connectivity index (χ0v) is 14.5. The summed E-state index contributed by atoms with van der Waals surface area (Å²) in [5, 5.41) is 0. The molecule has 2 rings (SSSR count). The number of rotatable bonds is 2. The van der Waals surface area contributed by atoms with Crippen molar-refractivity contribution in [2.75, 3.05) is 0 Å². The fraction of sp³-hybridized carbons (Fsp3) is 0.0769. The Morgan fingerprint density at radius 1 is 1.00 bits per heavy atom. The maximum Gasteiger partial charge on any atom is 0.128 e. The van der Waals surface area contributed by atoms with Crippen molar-refractivity contribution in [2.45, 2.75) is 6.04 Å². The van der Waals surface area contributed by atoms with E-state index in [-0.39, 0.29) is 5.82 Å². The summed E-state index contributed by atoms with van der Waals surface area (Å²) in [7, 11) is 0. The Kier molecular flexibility index (Phi) is 4.80. The van der Waals surface area contributed by atoms with Crippen molar-refractivity contribution in [2.24, 2.45) is 5.73 Å². The van der Waals surface area contributed by atoms with Crippen LogP contribution in [-0.4, -0.2) is 0 Å². The van der Waals surface area contributed by atoms with E-state index in [9.17, 15) is 4.39 Å². The maximum absolute atomic E-state index is 13.8. The molecule has 0 aliphatic carbocycles. The van der Waals surface area contributed by atoms with E-state index < -0.39 is 6.04 Å². The molecule has 2 aromatic rings. The molecule has 0 fully saturated rings. The summed E-state index contributed by atoms with van der Waals surface area (Å²) in [6.45, 7) is 0. The van der Waals surface area contributed by atoms with E-state index in [2.05, 4.69) is 54.5 Å². The van der Waals surface area contributed by atoms with Crippen molar-refractivity contribution < 1.29 is 4.39 Å². The molecule has 2 N–H and O–H groups in total. The van der Waals surface area contributed by atoms with Crippen LogP contribution in [0, 0.1) is 9.39 Å². The number of hydrogen-bond donors (Lipinski definition) is 1. The minimum Gasteiger partial charge on any atom is -0.320 e. The van der Waals surface area contributed by atoms with Crippen LogP contribution in [-0.2, 0) is 0 Å². The van der Waals surface area contributed by atoms with Gasteiger partial charge in [-0.05, 0) is 64.6 Å². The fourth-order valence-electron chi connectivity index (χ4n) is 1.67. The molecule has 0 amide bonds. The number of nitrogens with two attached hydrogens (primary N) is 1. The second-order valence-electron chi connectivity index (χ2n) is 3.81. The highest BCUT2D eigenvalue weighted by Gasteiger charge is 2.16. The first-order chi connectivity index (χ1) is 8.49. The second kappa shape index (κ2) is 5.98. The van der Waals surface area contributed by atoms with E-state index in [1.807, 2.05) is 18.2 Å². The molecule has 1 unspecified atom stereocenters. The third-order valence-electron chi connectivity index (χ3n) is 2.59. The summed E-state index contributed by atoms with van der Waals surface area (Å²) >= 11 is 8.95. The van der Waals surface area contributed by atoms with Gasteiger partial charge >= 0.3 is 0 Å². The molecule has 2 aromatic carbocycles.